The van der Waals surface area contributed by atoms with E-state index in [2.05, 4.69) is 18.5 Å². The monoisotopic (exact) mass is 324 g/mol. The van der Waals surface area contributed by atoms with Gasteiger partial charge in [-0.2, -0.15) is 4.31 Å². The van der Waals surface area contributed by atoms with Crippen molar-refractivity contribution < 1.29 is 17.9 Å². The molecule has 1 aromatic rings. The summed E-state index contributed by atoms with van der Waals surface area (Å²) >= 11 is 0. The predicted molar refractivity (Wildman–Crippen MR) is 86.5 cm³/mol. The number of hydrogen-bond acceptors (Lipinski definition) is 4. The highest BCUT2D eigenvalue weighted by Gasteiger charge is 2.23. The minimum Gasteiger partial charge on any atom is -0.495 e. The molecule has 0 spiro atoms. The van der Waals surface area contributed by atoms with Gasteiger partial charge in [0.15, 0.2) is 0 Å². The third kappa shape index (κ3) is 4.19. The van der Waals surface area contributed by atoms with Gasteiger partial charge in [-0.05, 0) is 18.2 Å². The maximum Gasteiger partial charge on any atom is 0.243 e. The Morgan fingerprint density at radius 1 is 1.32 bits per heavy atom. The third-order valence-electron chi connectivity index (χ3n) is 2.78. The van der Waals surface area contributed by atoms with Gasteiger partial charge in [-0.1, -0.05) is 12.2 Å². The van der Waals surface area contributed by atoms with Crippen molar-refractivity contribution in [2.45, 2.75) is 11.8 Å². The van der Waals surface area contributed by atoms with Crippen LogP contribution in [0, 0.1) is 0 Å². The molecule has 1 aromatic carbocycles. The second-order valence-corrected chi connectivity index (χ2v) is 6.38. The SMILES string of the molecule is C=CCN(CC=C)S(=O)(=O)c1ccc(OC)c(NC(C)=O)c1. The number of nitrogens with zero attached hydrogens (tertiary/aromatic N) is 1. The molecule has 7 heteroatoms. The molecular formula is C15H20N2O4S. The molecule has 0 saturated carbocycles. The van der Waals surface area contributed by atoms with Gasteiger partial charge in [0.1, 0.15) is 5.75 Å². The first-order valence-corrected chi connectivity index (χ1v) is 7.98. The van der Waals surface area contributed by atoms with Crippen LogP contribution in [0.2, 0.25) is 0 Å². The zero-order chi connectivity index (χ0) is 16.8. The van der Waals surface area contributed by atoms with E-state index in [1.54, 1.807) is 0 Å². The Kier molecular flexibility index (Phi) is 6.33. The van der Waals surface area contributed by atoms with E-state index in [-0.39, 0.29) is 23.9 Å². The lowest BCUT2D eigenvalue weighted by Crippen LogP contribution is -2.31. The zero-order valence-corrected chi connectivity index (χ0v) is 13.5. The van der Waals surface area contributed by atoms with Crippen molar-refractivity contribution in [2.75, 3.05) is 25.5 Å². The van der Waals surface area contributed by atoms with Crippen molar-refractivity contribution in [3.05, 3.63) is 43.5 Å². The quantitative estimate of drug-likeness (QED) is 0.742. The number of nitrogens with one attached hydrogen (secondary N) is 1. The first kappa shape index (κ1) is 17.9. The van der Waals surface area contributed by atoms with Crippen LogP contribution < -0.4 is 10.1 Å². The fourth-order valence-corrected chi connectivity index (χ4v) is 3.25. The van der Waals surface area contributed by atoms with Gasteiger partial charge >= 0.3 is 0 Å². The smallest absolute Gasteiger partial charge is 0.243 e. The Balaban J connectivity index is 3.31. The van der Waals surface area contributed by atoms with Gasteiger partial charge in [0.05, 0.1) is 17.7 Å². The summed E-state index contributed by atoms with van der Waals surface area (Å²) in [6.07, 6.45) is 3.00. The molecular weight excluding hydrogens is 304 g/mol. The van der Waals surface area contributed by atoms with Crippen LogP contribution in [-0.4, -0.2) is 38.8 Å². The highest BCUT2D eigenvalue weighted by atomic mass is 32.2. The number of hydrogen-bond donors (Lipinski definition) is 1. The van der Waals surface area contributed by atoms with E-state index in [1.165, 1.54) is 48.7 Å². The third-order valence-corrected chi connectivity index (χ3v) is 4.61. The van der Waals surface area contributed by atoms with E-state index >= 15 is 0 Å². The number of ether oxygens (including phenoxy) is 1. The number of carbonyl (C=O) groups is 1. The molecule has 0 aliphatic heterocycles. The fraction of sp³-hybridized carbons (Fsp3) is 0.267. The normalized spacial score (nSPS) is 11.0. The molecule has 0 radical (unpaired) electrons. The van der Waals surface area contributed by atoms with Gasteiger partial charge < -0.3 is 10.1 Å². The molecule has 0 fully saturated rings. The summed E-state index contributed by atoms with van der Waals surface area (Å²) in [5.74, 6) is 0.0648. The standard InChI is InChI=1S/C15H20N2O4S/c1-5-9-17(10-6-2)22(19,20)13-7-8-15(21-4)14(11-13)16-12(3)18/h5-8,11H,1-2,9-10H2,3-4H3,(H,16,18). The highest BCUT2D eigenvalue weighted by Crippen LogP contribution is 2.28. The van der Waals surface area contributed by atoms with Crippen LogP contribution in [0.1, 0.15) is 6.92 Å². The Bertz CT molecular complexity index is 658. The van der Waals surface area contributed by atoms with E-state index in [0.717, 1.165) is 0 Å². The molecule has 6 nitrogen and oxygen atoms in total. The molecule has 0 atom stereocenters. The summed E-state index contributed by atoms with van der Waals surface area (Å²) in [4.78, 5) is 11.3. The van der Waals surface area contributed by atoms with Crippen LogP contribution in [0.25, 0.3) is 0 Å². The van der Waals surface area contributed by atoms with E-state index in [4.69, 9.17) is 4.74 Å². The maximum atomic E-state index is 12.6. The Morgan fingerprint density at radius 3 is 2.36 bits per heavy atom. The van der Waals surface area contributed by atoms with E-state index in [0.29, 0.717) is 11.4 Å². The second kappa shape index (κ2) is 7.77. The number of amides is 1. The minimum atomic E-state index is -3.72. The van der Waals surface area contributed by atoms with Crippen LogP contribution >= 0.6 is 0 Å². The van der Waals surface area contributed by atoms with E-state index < -0.39 is 10.0 Å². The average molecular weight is 324 g/mol. The molecule has 0 saturated heterocycles. The van der Waals surface area contributed by atoms with Crippen LogP contribution in [0.5, 0.6) is 5.75 Å². The van der Waals surface area contributed by atoms with Gasteiger partial charge in [0, 0.05) is 20.0 Å². The van der Waals surface area contributed by atoms with E-state index in [1.807, 2.05) is 0 Å². The summed E-state index contributed by atoms with van der Waals surface area (Å²) in [6, 6.07) is 4.30. The van der Waals surface area contributed by atoms with Crippen LogP contribution in [0.4, 0.5) is 5.69 Å². The molecule has 0 aromatic heterocycles. The molecule has 120 valence electrons. The molecule has 0 aliphatic rings. The molecule has 1 N–H and O–H groups in total. The number of rotatable bonds is 8. The Morgan fingerprint density at radius 2 is 1.91 bits per heavy atom. The number of carbonyl (C=O) groups excluding carboxylic acids is 1. The first-order chi connectivity index (χ1) is 10.4. The second-order valence-electron chi connectivity index (χ2n) is 4.44. The molecule has 0 aliphatic carbocycles. The summed E-state index contributed by atoms with van der Waals surface area (Å²) in [5, 5.41) is 2.55. The van der Waals surface area contributed by atoms with Crippen molar-refractivity contribution in [1.29, 1.82) is 0 Å². The number of benzene rings is 1. The van der Waals surface area contributed by atoms with Gasteiger partial charge in [0.25, 0.3) is 0 Å². The lowest BCUT2D eigenvalue weighted by atomic mass is 10.3. The first-order valence-electron chi connectivity index (χ1n) is 6.54. The average Bonchev–Trinajstić information content (AvgIpc) is 2.46. The summed E-state index contributed by atoms with van der Waals surface area (Å²) < 4.78 is 31.6. The van der Waals surface area contributed by atoms with Crippen molar-refractivity contribution >= 4 is 21.6 Å². The Labute approximate surface area is 131 Å². The van der Waals surface area contributed by atoms with Crippen LogP contribution in [0.15, 0.2) is 48.4 Å². The van der Waals surface area contributed by atoms with Gasteiger partial charge in [-0.25, -0.2) is 8.42 Å². The number of methoxy groups -OCH3 is 1. The summed E-state index contributed by atoms with van der Waals surface area (Å²) in [7, 11) is -2.28. The van der Waals surface area contributed by atoms with Gasteiger partial charge in [-0.15, -0.1) is 13.2 Å². The molecule has 0 unspecified atom stereocenters. The van der Waals surface area contributed by atoms with Gasteiger partial charge in [0.2, 0.25) is 15.9 Å². The molecule has 1 amide bonds. The van der Waals surface area contributed by atoms with Crippen molar-refractivity contribution in [3.63, 3.8) is 0 Å². The number of sulfonamides is 1. The minimum absolute atomic E-state index is 0.0563. The van der Waals surface area contributed by atoms with Crippen molar-refractivity contribution in [1.82, 2.24) is 4.31 Å². The summed E-state index contributed by atoms with van der Waals surface area (Å²) in [5.41, 5.74) is 0.299. The fourth-order valence-electron chi connectivity index (χ4n) is 1.84. The Hall–Kier alpha value is -2.12. The molecule has 1 rings (SSSR count). The maximum absolute atomic E-state index is 12.6. The largest absolute Gasteiger partial charge is 0.495 e. The zero-order valence-electron chi connectivity index (χ0n) is 12.7. The van der Waals surface area contributed by atoms with Crippen molar-refractivity contribution in [3.8, 4) is 5.75 Å². The predicted octanol–water partition coefficient (Wildman–Crippen LogP) is 2.02. The lowest BCUT2D eigenvalue weighted by Gasteiger charge is -2.20. The highest BCUT2D eigenvalue weighted by molar-refractivity contribution is 7.89. The van der Waals surface area contributed by atoms with Crippen molar-refractivity contribution in [2.24, 2.45) is 0 Å². The molecule has 22 heavy (non-hydrogen) atoms. The molecule has 0 heterocycles. The topological polar surface area (TPSA) is 75.7 Å². The van der Waals surface area contributed by atoms with E-state index in [9.17, 15) is 13.2 Å². The lowest BCUT2D eigenvalue weighted by molar-refractivity contribution is -0.114. The summed E-state index contributed by atoms with van der Waals surface area (Å²) in [6.45, 7) is 8.77. The van der Waals surface area contributed by atoms with Crippen LogP contribution in [-0.2, 0) is 14.8 Å². The van der Waals surface area contributed by atoms with Gasteiger partial charge in [-0.3, -0.25) is 4.79 Å². The number of anilines is 1. The molecule has 0 bridgehead atoms. The van der Waals surface area contributed by atoms with Crippen LogP contribution in [0.3, 0.4) is 0 Å².